The van der Waals surface area contributed by atoms with Gasteiger partial charge in [0.1, 0.15) is 5.92 Å². The minimum absolute atomic E-state index is 0.269. The minimum Gasteiger partial charge on any atom is -0.254 e. The second-order valence-electron chi connectivity index (χ2n) is 4.39. The molecule has 4 nitrogen and oxygen atoms in total. The van der Waals surface area contributed by atoms with Crippen LogP contribution in [0.25, 0.3) is 0 Å². The second kappa shape index (κ2) is 5.78. The van der Waals surface area contributed by atoms with Crippen LogP contribution in [0, 0.1) is 5.92 Å². The molecular weight excluding hydrogens is 310 g/mol. The van der Waals surface area contributed by atoms with Crippen LogP contribution in [0.2, 0.25) is 0 Å². The molecule has 0 aromatic rings. The highest BCUT2D eigenvalue weighted by atomic mass is 19.3. The van der Waals surface area contributed by atoms with Crippen molar-refractivity contribution in [2.45, 2.75) is 25.7 Å². The molecule has 0 radical (unpaired) electrons. The molecule has 0 aromatic heterocycles. The molecule has 3 atom stereocenters. The Morgan fingerprint density at radius 2 is 1.67 bits per heavy atom. The number of allylic oxidation sites excluding steroid dienone is 2. The van der Waals surface area contributed by atoms with Gasteiger partial charge in [0.2, 0.25) is 0 Å². The molecule has 0 fully saturated rings. The topological polar surface area (TPSA) is 52.6 Å². The first-order valence-corrected chi connectivity index (χ1v) is 5.35. The summed E-state index contributed by atoms with van der Waals surface area (Å²) in [5, 5.41) is 0. The van der Waals surface area contributed by atoms with E-state index < -0.39 is 46.9 Å². The van der Waals surface area contributed by atoms with Crippen molar-refractivity contribution in [1.29, 1.82) is 0 Å². The highest BCUT2D eigenvalue weighted by Gasteiger charge is 2.65. The van der Waals surface area contributed by atoms with Crippen LogP contribution in [0.15, 0.2) is 22.8 Å². The standard InChI is InChI=1S/C11H8F6O4/c1-3(2)4-5(9(18)20-16)11(15,10(19)21-17)8(14)7(13)6(4)12/h5-6H,1-2H3. The summed E-state index contributed by atoms with van der Waals surface area (Å²) in [7, 11) is 0. The van der Waals surface area contributed by atoms with E-state index in [1.165, 1.54) is 0 Å². The molecule has 21 heavy (non-hydrogen) atoms. The van der Waals surface area contributed by atoms with Gasteiger partial charge in [-0.15, -0.1) is 0 Å². The molecule has 1 aliphatic rings. The first-order valence-electron chi connectivity index (χ1n) is 5.35. The molecular formula is C11H8F6O4. The highest BCUT2D eigenvalue weighted by Crippen LogP contribution is 2.49. The lowest BCUT2D eigenvalue weighted by Gasteiger charge is -2.34. The highest BCUT2D eigenvalue weighted by molar-refractivity contribution is 5.93. The van der Waals surface area contributed by atoms with E-state index >= 15 is 0 Å². The van der Waals surface area contributed by atoms with Crippen molar-refractivity contribution in [2.24, 2.45) is 5.92 Å². The van der Waals surface area contributed by atoms with E-state index in [9.17, 15) is 36.2 Å². The van der Waals surface area contributed by atoms with Crippen LogP contribution in [0.5, 0.6) is 0 Å². The molecule has 0 heterocycles. The Hall–Kier alpha value is -2.00. The average molecular weight is 318 g/mol. The van der Waals surface area contributed by atoms with Gasteiger partial charge in [-0.2, -0.15) is 0 Å². The zero-order valence-electron chi connectivity index (χ0n) is 10.6. The fraction of sp³-hybridized carbons (Fsp3) is 0.455. The predicted molar refractivity (Wildman–Crippen MR) is 54.2 cm³/mol. The molecule has 0 saturated heterocycles. The Bertz CT molecular complexity index is 539. The van der Waals surface area contributed by atoms with E-state index in [0.29, 0.717) is 0 Å². The Kier molecular flexibility index (Phi) is 4.69. The van der Waals surface area contributed by atoms with E-state index in [2.05, 4.69) is 9.88 Å². The van der Waals surface area contributed by atoms with Crippen LogP contribution >= 0.6 is 0 Å². The molecule has 0 amide bonds. The number of carbonyl (C=O) groups excluding carboxylic acids is 2. The summed E-state index contributed by atoms with van der Waals surface area (Å²) < 4.78 is 79.1. The molecule has 0 N–H and O–H groups in total. The summed E-state index contributed by atoms with van der Waals surface area (Å²) >= 11 is 0. The molecule has 10 heteroatoms. The lowest BCUT2D eigenvalue weighted by molar-refractivity contribution is -0.210. The van der Waals surface area contributed by atoms with Crippen molar-refractivity contribution >= 4 is 11.9 Å². The lowest BCUT2D eigenvalue weighted by Crippen LogP contribution is -2.52. The van der Waals surface area contributed by atoms with E-state index in [0.717, 1.165) is 13.8 Å². The smallest absolute Gasteiger partial charge is 0.254 e. The van der Waals surface area contributed by atoms with Crippen molar-refractivity contribution < 1.29 is 46.1 Å². The van der Waals surface area contributed by atoms with Crippen molar-refractivity contribution in [2.75, 3.05) is 0 Å². The normalized spacial score (nSPS) is 29.2. The van der Waals surface area contributed by atoms with Gasteiger partial charge < -0.3 is 0 Å². The van der Waals surface area contributed by atoms with Gasteiger partial charge in [-0.05, 0) is 19.4 Å². The van der Waals surface area contributed by atoms with Gasteiger partial charge in [0.15, 0.2) is 17.8 Å². The van der Waals surface area contributed by atoms with Crippen LogP contribution < -0.4 is 0 Å². The molecule has 0 saturated carbocycles. The Labute approximate surface area is 113 Å². The number of hydrogen-bond acceptors (Lipinski definition) is 4. The molecule has 3 unspecified atom stereocenters. The quantitative estimate of drug-likeness (QED) is 0.580. The summed E-state index contributed by atoms with van der Waals surface area (Å²) in [6.07, 6.45) is -2.96. The van der Waals surface area contributed by atoms with Crippen LogP contribution in [0.3, 0.4) is 0 Å². The van der Waals surface area contributed by atoms with E-state index in [1.54, 1.807) is 0 Å². The number of rotatable bonds is 2. The molecule has 0 spiro atoms. The lowest BCUT2D eigenvalue weighted by atomic mass is 9.74. The zero-order chi connectivity index (χ0) is 16.5. The number of halogens is 6. The maximum absolute atomic E-state index is 14.4. The van der Waals surface area contributed by atoms with Gasteiger partial charge in [0, 0.05) is 9.05 Å². The Morgan fingerprint density at radius 1 is 1.14 bits per heavy atom. The fourth-order valence-corrected chi connectivity index (χ4v) is 2.05. The van der Waals surface area contributed by atoms with Crippen LogP contribution in [-0.4, -0.2) is 23.8 Å². The molecule has 1 aliphatic carbocycles. The largest absolute Gasteiger partial charge is 0.394 e. The zero-order valence-corrected chi connectivity index (χ0v) is 10.6. The SMILES string of the molecule is CC(C)=C1C(F)C(F)=C(F)C(F)(C(=O)OF)C1C(=O)OF. The second-order valence-corrected chi connectivity index (χ2v) is 4.39. The Morgan fingerprint density at radius 3 is 2.05 bits per heavy atom. The van der Waals surface area contributed by atoms with Gasteiger partial charge in [0.05, 0.1) is 0 Å². The number of carbonyl (C=O) groups is 2. The van der Waals surface area contributed by atoms with Crippen LogP contribution in [0.1, 0.15) is 13.8 Å². The van der Waals surface area contributed by atoms with E-state index in [1.807, 2.05) is 0 Å². The minimum atomic E-state index is -4.42. The number of hydrogen-bond donors (Lipinski definition) is 0. The summed E-state index contributed by atoms with van der Waals surface area (Å²) in [5.74, 6) is -13.0. The van der Waals surface area contributed by atoms with Crippen molar-refractivity contribution in [3.63, 3.8) is 0 Å². The maximum atomic E-state index is 14.4. The van der Waals surface area contributed by atoms with Gasteiger partial charge in [-0.1, -0.05) is 5.57 Å². The van der Waals surface area contributed by atoms with Gasteiger partial charge in [0.25, 0.3) is 5.67 Å². The third-order valence-electron chi connectivity index (χ3n) is 2.99. The fourth-order valence-electron chi connectivity index (χ4n) is 2.05. The molecule has 118 valence electrons. The molecule has 1 rings (SSSR count). The molecule has 0 aliphatic heterocycles. The Balaban J connectivity index is 3.75. The van der Waals surface area contributed by atoms with Crippen molar-refractivity contribution in [3.05, 3.63) is 22.8 Å². The van der Waals surface area contributed by atoms with Crippen molar-refractivity contribution in [3.8, 4) is 0 Å². The van der Waals surface area contributed by atoms with Crippen LogP contribution in [0.4, 0.5) is 26.6 Å². The first kappa shape index (κ1) is 17.1. The van der Waals surface area contributed by atoms with E-state index in [4.69, 9.17) is 0 Å². The maximum Gasteiger partial charge on any atom is 0.394 e. The van der Waals surface area contributed by atoms with Gasteiger partial charge >= 0.3 is 11.9 Å². The summed E-state index contributed by atoms with van der Waals surface area (Å²) in [6, 6.07) is 0. The monoisotopic (exact) mass is 318 g/mol. The third-order valence-corrected chi connectivity index (χ3v) is 2.99. The van der Waals surface area contributed by atoms with Gasteiger partial charge in [-0.3, -0.25) is 9.88 Å². The summed E-state index contributed by atoms with van der Waals surface area (Å²) in [6.45, 7) is 2.11. The van der Waals surface area contributed by atoms with Crippen molar-refractivity contribution in [1.82, 2.24) is 0 Å². The summed E-state index contributed by atoms with van der Waals surface area (Å²) in [4.78, 5) is 27.4. The third kappa shape index (κ3) is 2.38. The predicted octanol–water partition coefficient (Wildman–Crippen LogP) is 3.01. The molecule has 0 aromatic carbocycles. The molecule has 0 bridgehead atoms. The van der Waals surface area contributed by atoms with E-state index in [-0.39, 0.29) is 5.57 Å². The van der Waals surface area contributed by atoms with Gasteiger partial charge in [-0.25, -0.2) is 27.2 Å². The number of alkyl halides is 2. The average Bonchev–Trinajstić information content (AvgIpc) is 2.46. The summed E-state index contributed by atoms with van der Waals surface area (Å²) in [5.41, 5.74) is -5.80. The first-order chi connectivity index (χ1) is 9.64. The van der Waals surface area contributed by atoms with Crippen LogP contribution in [-0.2, 0) is 19.5 Å².